The average Bonchev–Trinajstić information content (AvgIpc) is 2.61. The van der Waals surface area contributed by atoms with E-state index in [1.807, 2.05) is 0 Å². The van der Waals surface area contributed by atoms with Crippen LogP contribution in [0.3, 0.4) is 0 Å². The summed E-state index contributed by atoms with van der Waals surface area (Å²) >= 11 is 0. The second kappa shape index (κ2) is 6.10. The quantitative estimate of drug-likeness (QED) is 0.396. The Labute approximate surface area is 140 Å². The van der Waals surface area contributed by atoms with E-state index in [-0.39, 0.29) is 12.6 Å². The molecule has 0 saturated carbocycles. The summed E-state index contributed by atoms with van der Waals surface area (Å²) in [6.07, 6.45) is 0. The molecule has 24 heavy (non-hydrogen) atoms. The Bertz CT molecular complexity index is 1000. The highest BCUT2D eigenvalue weighted by molar-refractivity contribution is 6.23. The molecule has 0 bridgehead atoms. The monoisotopic (exact) mass is 318 g/mol. The van der Waals surface area contributed by atoms with E-state index < -0.39 is 0 Å². The molecule has 0 amide bonds. The van der Waals surface area contributed by atoms with Crippen LogP contribution in [-0.4, -0.2) is 19.2 Å². The normalized spacial score (nSPS) is 11.5. The Hall–Kier alpha value is -2.65. The maximum Gasteiger partial charge on any atom is 0.332 e. The summed E-state index contributed by atoms with van der Waals surface area (Å²) < 4.78 is 10.4. The van der Waals surface area contributed by atoms with Gasteiger partial charge in [0.15, 0.2) is 0 Å². The second-order valence-corrected chi connectivity index (χ2v) is 5.88. The van der Waals surface area contributed by atoms with Crippen LogP contribution in [0.4, 0.5) is 0 Å². The number of carbonyl (C=O) groups is 1. The molecule has 0 aromatic heterocycles. The maximum atomic E-state index is 11.4. The molecule has 0 aliphatic rings. The molecule has 120 valence electrons. The molecule has 0 N–H and O–H groups in total. The number of rotatable bonds is 5. The van der Waals surface area contributed by atoms with Gasteiger partial charge in [-0.15, -0.1) is 0 Å². The number of benzene rings is 4. The molecule has 0 spiro atoms. The van der Waals surface area contributed by atoms with Crippen LogP contribution in [0.25, 0.3) is 32.3 Å². The number of hydrogen-bond acceptors (Lipinski definition) is 3. The van der Waals surface area contributed by atoms with Crippen LogP contribution < -0.4 is 0 Å². The van der Waals surface area contributed by atoms with Gasteiger partial charge in [-0.3, -0.25) is 0 Å². The van der Waals surface area contributed by atoms with E-state index in [1.54, 1.807) is 6.92 Å². The molecule has 0 unspecified atom stereocenters. The Kier molecular flexibility index (Phi) is 3.79. The highest BCUT2D eigenvalue weighted by Crippen LogP contribution is 2.35. The van der Waals surface area contributed by atoms with Crippen molar-refractivity contribution in [3.63, 3.8) is 0 Å². The van der Waals surface area contributed by atoms with Crippen LogP contribution in [-0.2, 0) is 20.9 Å². The van der Waals surface area contributed by atoms with Crippen molar-refractivity contribution in [1.29, 1.82) is 0 Å². The largest absolute Gasteiger partial charge is 0.464 e. The molecule has 0 saturated heterocycles. The minimum atomic E-state index is -0.324. The van der Waals surface area contributed by atoms with E-state index in [9.17, 15) is 4.79 Å². The summed E-state index contributed by atoms with van der Waals surface area (Å²) in [5.41, 5.74) is 1.09. The molecule has 0 aliphatic heterocycles. The molecule has 3 heteroatoms. The first-order chi connectivity index (χ1) is 11.8. The fourth-order valence-electron chi connectivity index (χ4n) is 3.37. The second-order valence-electron chi connectivity index (χ2n) is 5.88. The number of esters is 1. The zero-order chi connectivity index (χ0) is 16.5. The van der Waals surface area contributed by atoms with Gasteiger partial charge >= 0.3 is 5.97 Å². The summed E-state index contributed by atoms with van der Waals surface area (Å²) in [7, 11) is 0. The molecule has 0 atom stereocenters. The third kappa shape index (κ3) is 2.47. The van der Waals surface area contributed by atoms with Crippen LogP contribution >= 0.6 is 0 Å². The van der Waals surface area contributed by atoms with Crippen molar-refractivity contribution in [2.45, 2.75) is 13.5 Å². The summed E-state index contributed by atoms with van der Waals surface area (Å²) in [4.78, 5) is 11.4. The van der Waals surface area contributed by atoms with Gasteiger partial charge < -0.3 is 9.47 Å². The lowest BCUT2D eigenvalue weighted by atomic mass is 9.92. The van der Waals surface area contributed by atoms with Crippen molar-refractivity contribution in [1.82, 2.24) is 0 Å². The van der Waals surface area contributed by atoms with Gasteiger partial charge in [-0.2, -0.15) is 0 Å². The summed E-state index contributed by atoms with van der Waals surface area (Å²) in [6, 6.07) is 19.2. The Balaban J connectivity index is 1.75. The van der Waals surface area contributed by atoms with Crippen molar-refractivity contribution in [3.8, 4) is 0 Å². The molecule has 4 rings (SSSR count). The summed E-state index contributed by atoms with van der Waals surface area (Å²) in [6.45, 7) is 2.54. The van der Waals surface area contributed by atoms with E-state index in [2.05, 4.69) is 54.6 Å². The van der Waals surface area contributed by atoms with Crippen LogP contribution in [0.2, 0.25) is 0 Å². The summed E-state index contributed by atoms with van der Waals surface area (Å²) in [5.74, 6) is -0.324. The number of ether oxygens (including phenoxy) is 2. The highest BCUT2D eigenvalue weighted by atomic mass is 16.6. The summed E-state index contributed by atoms with van der Waals surface area (Å²) in [5, 5.41) is 7.46. The maximum absolute atomic E-state index is 11.4. The van der Waals surface area contributed by atoms with Crippen molar-refractivity contribution >= 4 is 38.3 Å². The first-order valence-corrected chi connectivity index (χ1v) is 8.16. The van der Waals surface area contributed by atoms with E-state index in [0.29, 0.717) is 13.2 Å². The first kappa shape index (κ1) is 14.9. The fourth-order valence-corrected chi connectivity index (χ4v) is 3.37. The third-order valence-corrected chi connectivity index (χ3v) is 4.40. The molecule has 0 fully saturated rings. The van der Waals surface area contributed by atoms with E-state index in [4.69, 9.17) is 9.47 Å². The van der Waals surface area contributed by atoms with E-state index in [1.165, 1.54) is 32.3 Å². The van der Waals surface area contributed by atoms with Gasteiger partial charge in [-0.25, -0.2) is 4.79 Å². The van der Waals surface area contributed by atoms with Crippen LogP contribution in [0.15, 0.2) is 54.6 Å². The smallest absolute Gasteiger partial charge is 0.332 e. The van der Waals surface area contributed by atoms with Crippen molar-refractivity contribution < 1.29 is 14.3 Å². The molecular formula is C21H18O3. The van der Waals surface area contributed by atoms with Gasteiger partial charge in [0.2, 0.25) is 0 Å². The molecule has 4 aromatic rings. The number of carbonyl (C=O) groups excluding carboxylic acids is 1. The minimum absolute atomic E-state index is 0.0180. The standard InChI is InChI=1S/C21H18O3/c1-2-24-19(22)13-23-12-17-9-8-16-7-6-14-4-3-5-15-10-11-18(17)21(16)20(14)15/h3-11H,2,12-13H2,1H3. The topological polar surface area (TPSA) is 35.5 Å². The van der Waals surface area contributed by atoms with Crippen molar-refractivity contribution in [3.05, 3.63) is 60.2 Å². The molecule has 0 heterocycles. The van der Waals surface area contributed by atoms with Crippen LogP contribution in [0.5, 0.6) is 0 Å². The van der Waals surface area contributed by atoms with Gasteiger partial charge in [-0.05, 0) is 44.8 Å². The van der Waals surface area contributed by atoms with Crippen molar-refractivity contribution in [2.24, 2.45) is 0 Å². The first-order valence-electron chi connectivity index (χ1n) is 8.16. The molecule has 4 aromatic carbocycles. The lowest BCUT2D eigenvalue weighted by molar-refractivity contribution is -0.148. The SMILES string of the molecule is CCOC(=O)COCc1ccc2ccc3cccc4ccc1c2c34. The van der Waals surface area contributed by atoms with Crippen LogP contribution in [0, 0.1) is 0 Å². The van der Waals surface area contributed by atoms with Gasteiger partial charge in [0.1, 0.15) is 6.61 Å². The van der Waals surface area contributed by atoms with Gasteiger partial charge in [0, 0.05) is 0 Å². The van der Waals surface area contributed by atoms with E-state index in [0.717, 1.165) is 5.56 Å². The Morgan fingerprint density at radius 3 is 2.29 bits per heavy atom. The van der Waals surface area contributed by atoms with Gasteiger partial charge in [0.05, 0.1) is 13.2 Å². The molecule has 3 nitrogen and oxygen atoms in total. The zero-order valence-electron chi connectivity index (χ0n) is 13.5. The highest BCUT2D eigenvalue weighted by Gasteiger charge is 2.11. The lowest BCUT2D eigenvalue weighted by Crippen LogP contribution is -2.12. The van der Waals surface area contributed by atoms with Gasteiger partial charge in [-0.1, -0.05) is 54.6 Å². The predicted octanol–water partition coefficient (Wildman–Crippen LogP) is 4.66. The predicted molar refractivity (Wildman–Crippen MR) is 96.4 cm³/mol. The third-order valence-electron chi connectivity index (χ3n) is 4.40. The minimum Gasteiger partial charge on any atom is -0.464 e. The van der Waals surface area contributed by atoms with Crippen LogP contribution in [0.1, 0.15) is 12.5 Å². The lowest BCUT2D eigenvalue weighted by Gasteiger charge is -2.14. The molecule has 0 radical (unpaired) electrons. The Morgan fingerprint density at radius 1 is 0.875 bits per heavy atom. The van der Waals surface area contributed by atoms with E-state index >= 15 is 0 Å². The molecule has 0 aliphatic carbocycles. The number of hydrogen-bond donors (Lipinski definition) is 0. The zero-order valence-corrected chi connectivity index (χ0v) is 13.5. The van der Waals surface area contributed by atoms with Gasteiger partial charge in [0.25, 0.3) is 0 Å². The molecular weight excluding hydrogens is 300 g/mol. The Morgan fingerprint density at radius 2 is 1.54 bits per heavy atom. The fraction of sp³-hybridized carbons (Fsp3) is 0.190. The average molecular weight is 318 g/mol. The van der Waals surface area contributed by atoms with Crippen molar-refractivity contribution in [2.75, 3.05) is 13.2 Å².